The fourth-order valence-corrected chi connectivity index (χ4v) is 25.8. The van der Waals surface area contributed by atoms with Gasteiger partial charge in [-0.15, -0.1) is 34.0 Å². The summed E-state index contributed by atoms with van der Waals surface area (Å²) in [4.78, 5) is 14.5. The molecule has 28 rings (SSSR count). The largest absolute Gasteiger partial charge is 0.310 e. The molecule has 0 saturated heterocycles. The molecule has 27 aromatic rings. The molecule has 0 atom stereocenters. The zero-order chi connectivity index (χ0) is 97.6. The second-order valence-electron chi connectivity index (χ2n) is 38.3. The Balaban J connectivity index is 0.000000145. The summed E-state index contributed by atoms with van der Waals surface area (Å²) < 4.78 is 9.95. The topological polar surface area (TPSA) is 24.4 Å². The Labute approximate surface area is 865 Å². The first-order valence-corrected chi connectivity index (χ1v) is 52.6. The van der Waals surface area contributed by atoms with Gasteiger partial charge < -0.3 is 34.0 Å². The molecule has 0 spiro atoms. The van der Waals surface area contributed by atoms with Crippen LogP contribution in [0.3, 0.4) is 0 Å². The standard InChI is InChI=1S/C69H49N3S2.C68H46N4S/c1-69(2)63-27-14-12-25-57(63)58-37-33-54(43-64(58)69)72(56-34-38-60-59-26-13-15-28-65(59)73-67(60)45-56)52-24-16-23-51(41-52)71(49-21-10-5-11-22-49)55-35-39-61-62-42-53(36-40-66(62)74-68(61)44-55)70(48-19-8-4-9-20-48)50-31-29-47(30-32-50)46-17-6-3-7-18-46;1-4-23-49(24-5-1)69(56-37-40-60-62-45-55(39-42-67(62)73-68(60)46-56)70(50-25-6-2-7-26-50)63-35-16-21-47-19-10-12-31-57(47)63)52-29-18-30-53(43-52)71(64-36-17-22-48-20-11-13-32-58(48)64)54-38-41-66-61(44-54)59-33-14-15-34-65(59)72(66)51-27-8-3-9-28-51/h3-45H,1-2H3;1-46H. The predicted octanol–water partition coefficient (Wildman–Crippen LogP) is 40.7. The van der Waals surface area contributed by atoms with Crippen LogP contribution in [0.15, 0.2) is 540 Å². The Morgan fingerprint density at radius 2 is 0.476 bits per heavy atom. The third-order valence-electron chi connectivity index (χ3n) is 29.3. The van der Waals surface area contributed by atoms with Gasteiger partial charge in [-0.05, 0) is 281 Å². The molecule has 0 radical (unpaired) electrons. The van der Waals surface area contributed by atoms with Crippen LogP contribution in [-0.2, 0) is 5.41 Å². The van der Waals surface area contributed by atoms with Crippen LogP contribution < -0.4 is 29.4 Å². The Bertz CT molecular complexity index is 9690. The van der Waals surface area contributed by atoms with E-state index in [-0.39, 0.29) is 5.41 Å². The maximum atomic E-state index is 2.46. The monoisotopic (exact) mass is 1930 g/mol. The molecule has 0 unspecified atom stereocenters. The summed E-state index contributed by atoms with van der Waals surface area (Å²) in [6.45, 7) is 4.73. The molecule has 0 amide bonds. The van der Waals surface area contributed by atoms with Gasteiger partial charge in [-0.2, -0.15) is 0 Å². The van der Waals surface area contributed by atoms with Crippen LogP contribution in [0.2, 0.25) is 0 Å². The second-order valence-corrected chi connectivity index (χ2v) is 41.5. The maximum absolute atomic E-state index is 2.46. The van der Waals surface area contributed by atoms with Crippen LogP contribution in [0.4, 0.5) is 102 Å². The zero-order valence-electron chi connectivity index (χ0n) is 80.7. The van der Waals surface area contributed by atoms with Gasteiger partial charge in [0.25, 0.3) is 0 Å². The van der Waals surface area contributed by atoms with Crippen molar-refractivity contribution in [1.29, 1.82) is 0 Å². The van der Waals surface area contributed by atoms with Crippen LogP contribution in [0.25, 0.3) is 132 Å². The van der Waals surface area contributed by atoms with E-state index < -0.39 is 0 Å². The lowest BCUT2D eigenvalue weighted by atomic mass is 9.82. The normalized spacial score (nSPS) is 12.1. The summed E-state index contributed by atoms with van der Waals surface area (Å²) >= 11 is 5.56. The highest BCUT2D eigenvalue weighted by molar-refractivity contribution is 7.26. The van der Waals surface area contributed by atoms with Gasteiger partial charge in [-0.25, -0.2) is 0 Å². The van der Waals surface area contributed by atoms with Gasteiger partial charge in [-0.1, -0.05) is 317 Å². The van der Waals surface area contributed by atoms with Gasteiger partial charge in [0, 0.05) is 184 Å². The van der Waals surface area contributed by atoms with Crippen LogP contribution in [0.5, 0.6) is 0 Å². The van der Waals surface area contributed by atoms with E-state index in [0.717, 1.165) is 108 Å². The number of hydrogen-bond donors (Lipinski definition) is 0. The molecule has 1 aliphatic carbocycles. The molecule has 1 aliphatic rings. The highest BCUT2D eigenvalue weighted by atomic mass is 32.1. The first-order valence-electron chi connectivity index (χ1n) is 50.1. The van der Waals surface area contributed by atoms with Crippen molar-refractivity contribution < 1.29 is 0 Å². The van der Waals surface area contributed by atoms with E-state index in [1.54, 1.807) is 0 Å². The SMILES string of the molecule is CC1(C)c2ccccc2-c2ccc(N(c3cccc(N(c4ccccc4)c4ccc5c(c4)sc4ccc(N(c6ccccc6)c6ccc(-c7ccccc7)cc6)cc45)c3)c3ccc4c(c3)sc3ccccc34)cc21.c1ccc(N(c2cccc(N(c3ccc4c(c3)c3ccccc3n4-c3ccccc3)c3cccc4ccccc34)c2)c2ccc3c(c2)sc2ccc(N(c4ccccc4)c4cccc5ccccc45)cc23)cc1. The summed E-state index contributed by atoms with van der Waals surface area (Å²) in [6, 6.07) is 197. The molecule has 10 heteroatoms. The first-order chi connectivity index (χ1) is 72.6. The van der Waals surface area contributed by atoms with Gasteiger partial charge in [0.1, 0.15) is 0 Å². The number of nitrogens with zero attached hydrogens (tertiary/aromatic N) is 7. The lowest BCUT2D eigenvalue weighted by Gasteiger charge is -2.30. The van der Waals surface area contributed by atoms with Crippen LogP contribution in [-0.4, -0.2) is 4.57 Å². The molecule has 7 nitrogen and oxygen atoms in total. The Morgan fingerprint density at radius 3 is 1.01 bits per heavy atom. The number of para-hydroxylation sites is 6. The van der Waals surface area contributed by atoms with Crippen molar-refractivity contribution in [3.8, 4) is 27.9 Å². The van der Waals surface area contributed by atoms with Crippen molar-refractivity contribution in [2.24, 2.45) is 0 Å². The third kappa shape index (κ3) is 15.8. The highest BCUT2D eigenvalue weighted by Crippen LogP contribution is 2.55. The molecule has 147 heavy (non-hydrogen) atoms. The molecular weight excluding hydrogens is 1840 g/mol. The molecule has 23 aromatic carbocycles. The van der Waals surface area contributed by atoms with Crippen LogP contribution in [0.1, 0.15) is 25.0 Å². The minimum atomic E-state index is -0.141. The maximum Gasteiger partial charge on any atom is 0.0542 e. The van der Waals surface area contributed by atoms with Crippen LogP contribution >= 0.6 is 34.0 Å². The van der Waals surface area contributed by atoms with Gasteiger partial charge in [0.15, 0.2) is 0 Å². The van der Waals surface area contributed by atoms with Gasteiger partial charge in [0.2, 0.25) is 0 Å². The minimum Gasteiger partial charge on any atom is -0.310 e. The van der Waals surface area contributed by atoms with E-state index in [2.05, 4.69) is 588 Å². The fraction of sp³-hybridized carbons (Fsp3) is 0.0219. The average molecular weight is 1940 g/mol. The van der Waals surface area contributed by atoms with Gasteiger partial charge in [-0.3, -0.25) is 0 Å². The summed E-state index contributed by atoms with van der Waals surface area (Å²) in [5.74, 6) is 0. The van der Waals surface area contributed by atoms with E-state index >= 15 is 0 Å². The number of anilines is 18. The first kappa shape index (κ1) is 87.8. The third-order valence-corrected chi connectivity index (χ3v) is 32.7. The van der Waals surface area contributed by atoms with E-state index in [1.807, 2.05) is 34.0 Å². The average Bonchev–Trinajstić information content (AvgIpc) is 1.56. The summed E-state index contributed by atoms with van der Waals surface area (Å²) in [7, 11) is 0. The molecule has 0 bridgehead atoms. The van der Waals surface area contributed by atoms with Gasteiger partial charge >= 0.3 is 0 Å². The predicted molar refractivity (Wildman–Crippen MR) is 632 cm³/mol. The van der Waals surface area contributed by atoms with Crippen LogP contribution in [0, 0.1) is 0 Å². The number of fused-ring (bicyclic) bond motifs is 17. The lowest BCUT2D eigenvalue weighted by Crippen LogP contribution is -2.17. The number of rotatable bonds is 20. The quantitative estimate of drug-likeness (QED) is 0.0754. The molecule has 0 N–H and O–H groups in total. The van der Waals surface area contributed by atoms with Gasteiger partial charge in [0.05, 0.1) is 22.4 Å². The van der Waals surface area contributed by atoms with Crippen molar-refractivity contribution in [3.05, 3.63) is 551 Å². The molecule has 0 saturated carbocycles. The van der Waals surface area contributed by atoms with Crippen molar-refractivity contribution in [2.45, 2.75) is 19.3 Å². The molecule has 696 valence electrons. The van der Waals surface area contributed by atoms with E-state index in [4.69, 9.17) is 0 Å². The highest BCUT2D eigenvalue weighted by Gasteiger charge is 2.37. The van der Waals surface area contributed by atoms with Crippen molar-refractivity contribution in [3.63, 3.8) is 0 Å². The Kier molecular flexibility index (Phi) is 22.1. The smallest absolute Gasteiger partial charge is 0.0542 e. The Hall–Kier alpha value is -18.2. The second kappa shape index (κ2) is 37.0. The van der Waals surface area contributed by atoms with Crippen molar-refractivity contribution in [2.75, 3.05) is 29.4 Å². The number of thiophene rings is 3. The van der Waals surface area contributed by atoms with Crippen molar-refractivity contribution >= 4 is 240 Å². The number of benzene rings is 23. The summed E-state index contributed by atoms with van der Waals surface area (Å²) in [5.41, 5.74) is 31.0. The van der Waals surface area contributed by atoms with E-state index in [1.165, 1.54) is 137 Å². The van der Waals surface area contributed by atoms with E-state index in [0.29, 0.717) is 0 Å². The summed E-state index contributed by atoms with van der Waals surface area (Å²) in [6.07, 6.45) is 0. The summed E-state index contributed by atoms with van der Waals surface area (Å²) in [5, 5.41) is 14.8. The number of aromatic nitrogens is 1. The van der Waals surface area contributed by atoms with Crippen molar-refractivity contribution in [1.82, 2.24) is 4.57 Å². The molecule has 4 heterocycles. The fourth-order valence-electron chi connectivity index (χ4n) is 22.4. The molecule has 0 aliphatic heterocycles. The minimum absolute atomic E-state index is 0.141. The molecular formula is C137H95N7S3. The van der Waals surface area contributed by atoms with E-state index in [9.17, 15) is 0 Å². The molecule has 4 aromatic heterocycles. The molecule has 0 fully saturated rings. The Morgan fingerprint density at radius 1 is 0.170 bits per heavy atom. The zero-order valence-corrected chi connectivity index (χ0v) is 83.2. The lowest BCUT2D eigenvalue weighted by molar-refractivity contribution is 0.660. The number of hydrogen-bond acceptors (Lipinski definition) is 9.